The fourth-order valence-corrected chi connectivity index (χ4v) is 2.48. The van der Waals surface area contributed by atoms with Crippen LogP contribution in [0.5, 0.6) is 0 Å². The average molecular weight is 373 g/mol. The van der Waals surface area contributed by atoms with E-state index in [2.05, 4.69) is 49.3 Å². The van der Waals surface area contributed by atoms with Crippen molar-refractivity contribution in [2.24, 2.45) is 16.6 Å². The lowest BCUT2D eigenvalue weighted by molar-refractivity contribution is 0.683. The molecule has 0 saturated heterocycles. The van der Waals surface area contributed by atoms with Gasteiger partial charge in [0.25, 0.3) is 0 Å². The van der Waals surface area contributed by atoms with Crippen molar-refractivity contribution in [3.8, 4) is 0 Å². The van der Waals surface area contributed by atoms with Gasteiger partial charge in [-0.25, -0.2) is 4.99 Å². The first-order valence-corrected chi connectivity index (χ1v) is 6.77. The minimum atomic E-state index is 0. The van der Waals surface area contributed by atoms with Crippen LogP contribution in [0, 0.1) is 19.8 Å². The molecule has 3 N–H and O–H groups in total. The van der Waals surface area contributed by atoms with Crippen molar-refractivity contribution >= 4 is 35.6 Å². The highest BCUT2D eigenvalue weighted by atomic mass is 127. The number of hydrogen-bond donors (Lipinski definition) is 2. The molecular weight excluding hydrogens is 349 g/mol. The molecule has 19 heavy (non-hydrogen) atoms. The number of nitrogens with zero attached hydrogens (tertiary/aromatic N) is 1. The van der Waals surface area contributed by atoms with Crippen LogP contribution in [0.4, 0.5) is 5.69 Å². The van der Waals surface area contributed by atoms with Gasteiger partial charge in [-0.3, -0.25) is 0 Å². The molecule has 0 amide bonds. The quantitative estimate of drug-likeness (QED) is 0.479. The Labute approximate surface area is 133 Å². The predicted octanol–water partition coefficient (Wildman–Crippen LogP) is 3.84. The van der Waals surface area contributed by atoms with Crippen molar-refractivity contribution in [2.75, 3.05) is 5.32 Å². The van der Waals surface area contributed by atoms with E-state index in [0.717, 1.165) is 11.6 Å². The van der Waals surface area contributed by atoms with Crippen molar-refractivity contribution in [3.05, 3.63) is 29.3 Å². The fraction of sp³-hybridized carbons (Fsp3) is 0.533. The zero-order valence-electron chi connectivity index (χ0n) is 11.9. The summed E-state index contributed by atoms with van der Waals surface area (Å²) >= 11 is 0. The number of rotatable bonds is 4. The highest BCUT2D eigenvalue weighted by Crippen LogP contribution is 2.37. The first-order valence-electron chi connectivity index (χ1n) is 6.77. The Morgan fingerprint density at radius 2 is 1.95 bits per heavy atom. The summed E-state index contributed by atoms with van der Waals surface area (Å²) in [7, 11) is 0. The number of benzene rings is 1. The van der Waals surface area contributed by atoms with Crippen molar-refractivity contribution in [2.45, 2.75) is 46.1 Å². The highest BCUT2D eigenvalue weighted by Gasteiger charge is 2.35. The lowest BCUT2D eigenvalue weighted by atomic mass is 10.1. The molecule has 1 fully saturated rings. The predicted molar refractivity (Wildman–Crippen MR) is 93.4 cm³/mol. The molecule has 1 aliphatic carbocycles. The number of nitrogens with one attached hydrogen (secondary N) is 1. The largest absolute Gasteiger partial charge is 0.370 e. The number of guanidine groups is 1. The monoisotopic (exact) mass is 373 g/mol. The molecule has 2 rings (SSSR count). The maximum absolute atomic E-state index is 5.94. The van der Waals surface area contributed by atoms with E-state index in [-0.39, 0.29) is 24.0 Å². The molecule has 1 saturated carbocycles. The molecule has 3 nitrogen and oxygen atoms in total. The molecule has 1 aromatic rings. The highest BCUT2D eigenvalue weighted by molar-refractivity contribution is 14.0. The van der Waals surface area contributed by atoms with Crippen LogP contribution in [0.15, 0.2) is 23.2 Å². The molecule has 2 atom stereocenters. The maximum Gasteiger partial charge on any atom is 0.193 e. The number of halogens is 1. The van der Waals surface area contributed by atoms with Crippen LogP contribution in [0.2, 0.25) is 0 Å². The molecule has 0 aromatic heterocycles. The van der Waals surface area contributed by atoms with Crippen LogP contribution in [0.3, 0.4) is 0 Å². The van der Waals surface area contributed by atoms with Gasteiger partial charge in [0.15, 0.2) is 5.96 Å². The minimum absolute atomic E-state index is 0. The molecule has 4 heteroatoms. The van der Waals surface area contributed by atoms with Gasteiger partial charge in [-0.1, -0.05) is 19.4 Å². The van der Waals surface area contributed by atoms with Gasteiger partial charge < -0.3 is 11.1 Å². The summed E-state index contributed by atoms with van der Waals surface area (Å²) < 4.78 is 0. The fourth-order valence-electron chi connectivity index (χ4n) is 2.48. The van der Waals surface area contributed by atoms with Gasteiger partial charge in [0.05, 0.1) is 6.04 Å². The van der Waals surface area contributed by atoms with Crippen molar-refractivity contribution in [3.63, 3.8) is 0 Å². The summed E-state index contributed by atoms with van der Waals surface area (Å²) in [6.45, 7) is 6.39. The Morgan fingerprint density at radius 1 is 1.32 bits per heavy atom. The molecule has 0 radical (unpaired) electrons. The molecule has 0 heterocycles. The minimum Gasteiger partial charge on any atom is -0.370 e. The molecule has 0 aliphatic heterocycles. The lowest BCUT2D eigenvalue weighted by Gasteiger charge is -2.07. The number of aryl methyl sites for hydroxylation is 2. The summed E-state index contributed by atoms with van der Waals surface area (Å²) in [5.74, 6) is 1.30. The van der Waals surface area contributed by atoms with E-state index in [4.69, 9.17) is 5.73 Å². The third-order valence-corrected chi connectivity index (χ3v) is 3.34. The first kappa shape index (κ1) is 16.3. The van der Waals surface area contributed by atoms with Gasteiger partial charge in [-0.05, 0) is 55.9 Å². The second-order valence-electron chi connectivity index (χ2n) is 5.37. The van der Waals surface area contributed by atoms with Gasteiger partial charge in [-0.2, -0.15) is 0 Å². The number of hydrogen-bond acceptors (Lipinski definition) is 1. The number of aliphatic imine (C=N–C) groups is 1. The van der Waals surface area contributed by atoms with E-state index in [1.807, 2.05) is 0 Å². The van der Waals surface area contributed by atoms with E-state index in [1.165, 1.54) is 30.4 Å². The molecule has 1 aliphatic rings. The Kier molecular flexibility index (Phi) is 6.10. The molecule has 0 bridgehead atoms. The Bertz CT molecular complexity index is 436. The molecular formula is C15H24IN3. The molecule has 1 aromatic carbocycles. The Balaban J connectivity index is 0.00000180. The summed E-state index contributed by atoms with van der Waals surface area (Å²) in [6.07, 6.45) is 3.70. The van der Waals surface area contributed by atoms with Crippen molar-refractivity contribution in [1.29, 1.82) is 0 Å². The number of nitrogens with two attached hydrogens (primary N) is 1. The van der Waals surface area contributed by atoms with E-state index in [0.29, 0.717) is 12.0 Å². The molecule has 106 valence electrons. The summed E-state index contributed by atoms with van der Waals surface area (Å²) in [5, 5.41) is 3.19. The second-order valence-corrected chi connectivity index (χ2v) is 5.37. The van der Waals surface area contributed by atoms with Crippen molar-refractivity contribution < 1.29 is 0 Å². The smallest absolute Gasteiger partial charge is 0.193 e. The van der Waals surface area contributed by atoms with E-state index in [9.17, 15) is 0 Å². The Morgan fingerprint density at radius 3 is 2.53 bits per heavy atom. The molecule has 2 unspecified atom stereocenters. The van der Waals surface area contributed by atoms with Crippen LogP contribution in [0.25, 0.3) is 0 Å². The van der Waals surface area contributed by atoms with E-state index < -0.39 is 0 Å². The van der Waals surface area contributed by atoms with Gasteiger partial charge >= 0.3 is 0 Å². The summed E-state index contributed by atoms with van der Waals surface area (Å²) in [5.41, 5.74) is 9.45. The van der Waals surface area contributed by atoms with Gasteiger partial charge in [0, 0.05) is 5.69 Å². The topological polar surface area (TPSA) is 50.4 Å². The van der Waals surface area contributed by atoms with Gasteiger partial charge in [-0.15, -0.1) is 24.0 Å². The zero-order chi connectivity index (χ0) is 13.1. The average Bonchev–Trinajstić information content (AvgIpc) is 2.94. The van der Waals surface area contributed by atoms with Crippen LogP contribution in [-0.2, 0) is 0 Å². The summed E-state index contributed by atoms with van der Waals surface area (Å²) in [6, 6.07) is 6.78. The normalized spacial score (nSPS) is 21.7. The van der Waals surface area contributed by atoms with E-state index >= 15 is 0 Å². The van der Waals surface area contributed by atoms with Crippen LogP contribution in [0.1, 0.15) is 37.3 Å². The second kappa shape index (κ2) is 7.12. The van der Waals surface area contributed by atoms with Crippen molar-refractivity contribution in [1.82, 2.24) is 0 Å². The first-order chi connectivity index (χ1) is 8.58. The van der Waals surface area contributed by atoms with Gasteiger partial charge in [0.2, 0.25) is 0 Å². The van der Waals surface area contributed by atoms with Crippen LogP contribution in [-0.4, -0.2) is 12.0 Å². The van der Waals surface area contributed by atoms with Crippen LogP contribution >= 0.6 is 24.0 Å². The number of anilines is 1. The van der Waals surface area contributed by atoms with Crippen LogP contribution < -0.4 is 11.1 Å². The van der Waals surface area contributed by atoms with Gasteiger partial charge in [0.1, 0.15) is 0 Å². The lowest BCUT2D eigenvalue weighted by Crippen LogP contribution is -2.23. The van der Waals surface area contributed by atoms with E-state index in [1.54, 1.807) is 0 Å². The SMILES string of the molecule is CCCC1CC1N=C(N)Nc1cc(C)cc(C)c1.I. The molecule has 0 spiro atoms. The maximum atomic E-state index is 5.94. The summed E-state index contributed by atoms with van der Waals surface area (Å²) in [4.78, 5) is 4.53. The zero-order valence-corrected chi connectivity index (χ0v) is 14.3. The Hall–Kier alpha value is -0.780. The third-order valence-electron chi connectivity index (χ3n) is 3.34. The standard InChI is InChI=1S/C15H23N3.HI/c1-4-5-12-9-14(12)18-15(16)17-13-7-10(2)6-11(3)8-13;/h6-8,12,14H,4-5,9H2,1-3H3,(H3,16,17,18);1H. The third kappa shape index (κ3) is 5.01.